The smallest absolute Gasteiger partial charge is 0.253 e. The molecule has 1 amide bonds. The van der Waals surface area contributed by atoms with E-state index in [9.17, 15) is 4.79 Å². The first-order valence-corrected chi connectivity index (χ1v) is 11.3. The second-order valence-electron chi connectivity index (χ2n) is 8.39. The zero-order valence-corrected chi connectivity index (χ0v) is 19.5. The molecule has 0 saturated carbocycles. The highest BCUT2D eigenvalue weighted by Crippen LogP contribution is 2.19. The van der Waals surface area contributed by atoms with Crippen molar-refractivity contribution in [3.8, 4) is 11.5 Å². The zero-order valence-electron chi connectivity index (χ0n) is 19.5. The topological polar surface area (TPSA) is 68.0 Å². The summed E-state index contributed by atoms with van der Waals surface area (Å²) in [6, 6.07) is 15.5. The fourth-order valence-corrected chi connectivity index (χ4v) is 4.06. The third-order valence-corrected chi connectivity index (χ3v) is 6.11. The second kappa shape index (κ2) is 10.5. The van der Waals surface area contributed by atoms with Crippen molar-refractivity contribution in [2.24, 2.45) is 0 Å². The maximum atomic E-state index is 13.1. The molecule has 2 aromatic carbocycles. The fourth-order valence-electron chi connectivity index (χ4n) is 4.06. The lowest BCUT2D eigenvalue weighted by molar-refractivity contribution is 0.0761. The molecule has 0 bridgehead atoms. The van der Waals surface area contributed by atoms with Gasteiger partial charge in [0.25, 0.3) is 5.91 Å². The quantitative estimate of drug-likeness (QED) is 0.538. The Morgan fingerprint density at radius 2 is 1.70 bits per heavy atom. The van der Waals surface area contributed by atoms with Crippen LogP contribution in [0.15, 0.2) is 53.1 Å². The Labute approximate surface area is 194 Å². The van der Waals surface area contributed by atoms with Crippen molar-refractivity contribution >= 4 is 5.91 Å². The average Bonchev–Trinajstić information content (AvgIpc) is 3.01. The van der Waals surface area contributed by atoms with E-state index in [0.29, 0.717) is 17.9 Å². The molecule has 0 radical (unpaired) electrons. The van der Waals surface area contributed by atoms with E-state index in [1.165, 1.54) is 5.56 Å². The predicted octanol–water partition coefficient (Wildman–Crippen LogP) is 4.23. The number of hydrogen-bond donors (Lipinski definition) is 0. The average molecular weight is 450 g/mol. The van der Waals surface area contributed by atoms with Gasteiger partial charge >= 0.3 is 0 Å². The van der Waals surface area contributed by atoms with Crippen LogP contribution in [0, 0.1) is 13.8 Å². The number of carbonyl (C=O) groups excluding carboxylic acids is 1. The Morgan fingerprint density at radius 1 is 0.970 bits per heavy atom. The lowest BCUT2D eigenvalue weighted by Crippen LogP contribution is -2.35. The molecule has 2 heterocycles. The number of carbonyl (C=O) groups is 1. The van der Waals surface area contributed by atoms with Gasteiger partial charge in [0, 0.05) is 38.3 Å². The van der Waals surface area contributed by atoms with Gasteiger partial charge in [0.2, 0.25) is 0 Å². The molecule has 174 valence electrons. The van der Waals surface area contributed by atoms with Gasteiger partial charge < -0.3 is 18.9 Å². The minimum Gasteiger partial charge on any atom is -0.497 e. The minimum atomic E-state index is 0.0681. The summed E-state index contributed by atoms with van der Waals surface area (Å²) in [6.45, 7) is 8.37. The highest BCUT2D eigenvalue weighted by Gasteiger charge is 2.20. The van der Waals surface area contributed by atoms with E-state index >= 15 is 0 Å². The standard InChI is InChI=1S/C26H31N3O4/c1-19-25(20(2)33-27-19)18-32-24-11-7-22(8-12-24)26(30)29-14-4-13-28(15-16-29)17-21-5-9-23(31-3)10-6-21/h5-12H,4,13-18H2,1-3H3. The monoisotopic (exact) mass is 449 g/mol. The number of ether oxygens (including phenoxy) is 2. The van der Waals surface area contributed by atoms with E-state index in [4.69, 9.17) is 14.0 Å². The highest BCUT2D eigenvalue weighted by atomic mass is 16.5. The summed E-state index contributed by atoms with van der Waals surface area (Å²) in [5.41, 5.74) is 3.73. The predicted molar refractivity (Wildman–Crippen MR) is 126 cm³/mol. The number of nitrogens with zero attached hydrogens (tertiary/aromatic N) is 3. The van der Waals surface area contributed by atoms with E-state index in [1.54, 1.807) is 7.11 Å². The van der Waals surface area contributed by atoms with Crippen LogP contribution in [0.2, 0.25) is 0 Å². The summed E-state index contributed by atoms with van der Waals surface area (Å²) in [5.74, 6) is 2.42. The SMILES string of the molecule is COc1ccc(CN2CCCN(C(=O)c3ccc(OCc4c(C)noc4C)cc3)CC2)cc1. The summed E-state index contributed by atoms with van der Waals surface area (Å²) in [7, 11) is 1.68. The Morgan fingerprint density at radius 3 is 2.36 bits per heavy atom. The van der Waals surface area contributed by atoms with Crippen molar-refractivity contribution in [1.82, 2.24) is 15.0 Å². The minimum absolute atomic E-state index is 0.0681. The van der Waals surface area contributed by atoms with Crippen LogP contribution in [0.1, 0.15) is 39.4 Å². The molecule has 33 heavy (non-hydrogen) atoms. The van der Waals surface area contributed by atoms with Crippen molar-refractivity contribution in [3.63, 3.8) is 0 Å². The zero-order chi connectivity index (χ0) is 23.2. The molecule has 1 aliphatic rings. The Hall–Kier alpha value is -3.32. The molecule has 1 aliphatic heterocycles. The van der Waals surface area contributed by atoms with Crippen molar-refractivity contribution in [2.75, 3.05) is 33.3 Å². The van der Waals surface area contributed by atoms with Crippen LogP contribution in [0.25, 0.3) is 0 Å². The number of aryl methyl sites for hydroxylation is 2. The van der Waals surface area contributed by atoms with Gasteiger partial charge in [0.05, 0.1) is 18.4 Å². The molecule has 1 aromatic heterocycles. The molecule has 4 rings (SSSR count). The van der Waals surface area contributed by atoms with Gasteiger partial charge in [0.1, 0.15) is 23.9 Å². The van der Waals surface area contributed by atoms with Crippen molar-refractivity contribution in [2.45, 2.75) is 33.4 Å². The molecule has 3 aromatic rings. The molecule has 7 nitrogen and oxygen atoms in total. The summed E-state index contributed by atoms with van der Waals surface area (Å²) in [4.78, 5) is 17.4. The molecular formula is C26H31N3O4. The van der Waals surface area contributed by atoms with E-state index in [1.807, 2.05) is 55.1 Å². The maximum absolute atomic E-state index is 13.1. The van der Waals surface area contributed by atoms with Crippen LogP contribution >= 0.6 is 0 Å². The van der Waals surface area contributed by atoms with E-state index < -0.39 is 0 Å². The van der Waals surface area contributed by atoms with Crippen LogP contribution in [-0.4, -0.2) is 54.2 Å². The van der Waals surface area contributed by atoms with Gasteiger partial charge in [-0.3, -0.25) is 9.69 Å². The molecule has 0 aliphatic carbocycles. The summed E-state index contributed by atoms with van der Waals surface area (Å²) in [6.07, 6.45) is 0.959. The van der Waals surface area contributed by atoms with Crippen LogP contribution in [0.4, 0.5) is 0 Å². The number of benzene rings is 2. The molecule has 0 spiro atoms. The Kier molecular flexibility index (Phi) is 7.29. The van der Waals surface area contributed by atoms with E-state index in [-0.39, 0.29) is 5.91 Å². The van der Waals surface area contributed by atoms with Gasteiger partial charge in [-0.05, 0) is 62.2 Å². The first kappa shape index (κ1) is 22.9. The lowest BCUT2D eigenvalue weighted by Gasteiger charge is -2.22. The Bertz CT molecular complexity index is 1040. The highest BCUT2D eigenvalue weighted by molar-refractivity contribution is 5.94. The summed E-state index contributed by atoms with van der Waals surface area (Å²) in [5, 5.41) is 3.95. The number of methoxy groups -OCH3 is 1. The van der Waals surface area contributed by atoms with Crippen LogP contribution in [0.3, 0.4) is 0 Å². The molecule has 1 fully saturated rings. The molecule has 0 atom stereocenters. The van der Waals surface area contributed by atoms with Crippen molar-refractivity contribution in [1.29, 1.82) is 0 Å². The third kappa shape index (κ3) is 5.73. The molecular weight excluding hydrogens is 418 g/mol. The second-order valence-corrected chi connectivity index (χ2v) is 8.39. The van der Waals surface area contributed by atoms with Crippen LogP contribution < -0.4 is 9.47 Å². The molecule has 0 N–H and O–H groups in total. The summed E-state index contributed by atoms with van der Waals surface area (Å²) < 4.78 is 16.3. The number of amides is 1. The van der Waals surface area contributed by atoms with Gasteiger partial charge in [-0.25, -0.2) is 0 Å². The first-order valence-electron chi connectivity index (χ1n) is 11.3. The maximum Gasteiger partial charge on any atom is 0.253 e. The largest absolute Gasteiger partial charge is 0.497 e. The fraction of sp³-hybridized carbons (Fsp3) is 0.385. The third-order valence-electron chi connectivity index (χ3n) is 6.11. The molecule has 7 heteroatoms. The van der Waals surface area contributed by atoms with Gasteiger partial charge in [-0.1, -0.05) is 17.3 Å². The first-order chi connectivity index (χ1) is 16.0. The van der Waals surface area contributed by atoms with Gasteiger partial charge in [-0.15, -0.1) is 0 Å². The van der Waals surface area contributed by atoms with Crippen LogP contribution in [-0.2, 0) is 13.2 Å². The normalized spacial score (nSPS) is 14.7. The van der Waals surface area contributed by atoms with Gasteiger partial charge in [-0.2, -0.15) is 0 Å². The summed E-state index contributed by atoms with van der Waals surface area (Å²) >= 11 is 0. The lowest BCUT2D eigenvalue weighted by atomic mass is 10.2. The number of hydrogen-bond acceptors (Lipinski definition) is 6. The van der Waals surface area contributed by atoms with Crippen molar-refractivity contribution < 1.29 is 18.8 Å². The van der Waals surface area contributed by atoms with Gasteiger partial charge in [0.15, 0.2) is 0 Å². The number of rotatable bonds is 7. The van der Waals surface area contributed by atoms with E-state index in [0.717, 1.165) is 61.9 Å². The van der Waals surface area contributed by atoms with Crippen molar-refractivity contribution in [3.05, 3.63) is 76.7 Å². The molecule has 1 saturated heterocycles. The van der Waals surface area contributed by atoms with Crippen LogP contribution in [0.5, 0.6) is 11.5 Å². The Balaban J connectivity index is 1.30. The number of aromatic nitrogens is 1. The molecule has 0 unspecified atom stereocenters. The van der Waals surface area contributed by atoms with E-state index in [2.05, 4.69) is 22.2 Å².